The lowest BCUT2D eigenvalue weighted by molar-refractivity contribution is -0.138. The van der Waals surface area contributed by atoms with Crippen LogP contribution in [-0.2, 0) is 4.79 Å². The third-order valence-electron chi connectivity index (χ3n) is 3.54. The van der Waals surface area contributed by atoms with Crippen LogP contribution in [0.15, 0.2) is 42.7 Å². The van der Waals surface area contributed by atoms with Gasteiger partial charge in [-0.1, -0.05) is 30.3 Å². The van der Waals surface area contributed by atoms with Crippen LogP contribution in [0.25, 0.3) is 11.3 Å². The molecule has 20 heavy (non-hydrogen) atoms. The van der Waals surface area contributed by atoms with Gasteiger partial charge >= 0.3 is 5.97 Å². The highest BCUT2D eigenvalue weighted by molar-refractivity contribution is 5.78. The first-order chi connectivity index (χ1) is 9.75. The molecule has 0 bridgehead atoms. The Bertz CT molecular complexity index is 598. The number of nitrogens with zero attached hydrogens (tertiary/aromatic N) is 3. The quantitative estimate of drug-likeness (QED) is 0.925. The summed E-state index contributed by atoms with van der Waals surface area (Å²) in [6, 6.07) is 9.32. The number of rotatable bonds is 3. The zero-order valence-corrected chi connectivity index (χ0v) is 10.9. The minimum Gasteiger partial charge on any atom is -0.480 e. The summed E-state index contributed by atoms with van der Waals surface area (Å²) in [5.41, 5.74) is 1.79. The lowest BCUT2D eigenvalue weighted by Crippen LogP contribution is -2.36. The maximum absolute atomic E-state index is 11.2. The van der Waals surface area contributed by atoms with Gasteiger partial charge in [-0.05, 0) is 12.8 Å². The number of hydrogen-bond donors (Lipinski definition) is 1. The number of carboxylic acids is 1. The summed E-state index contributed by atoms with van der Waals surface area (Å²) in [6.07, 6.45) is 4.89. The van der Waals surface area contributed by atoms with Crippen molar-refractivity contribution in [2.75, 3.05) is 11.4 Å². The van der Waals surface area contributed by atoms with E-state index in [2.05, 4.69) is 9.97 Å². The summed E-state index contributed by atoms with van der Waals surface area (Å²) >= 11 is 0. The van der Waals surface area contributed by atoms with Gasteiger partial charge in [0.25, 0.3) is 0 Å². The molecule has 5 nitrogen and oxygen atoms in total. The first kappa shape index (κ1) is 12.6. The van der Waals surface area contributed by atoms with Gasteiger partial charge in [-0.2, -0.15) is 0 Å². The number of aliphatic carboxylic acids is 1. The Morgan fingerprint density at radius 2 is 2.00 bits per heavy atom. The molecule has 1 saturated heterocycles. The van der Waals surface area contributed by atoms with E-state index in [-0.39, 0.29) is 0 Å². The number of carboxylic acid groups (broad SMARTS) is 1. The fourth-order valence-electron chi connectivity index (χ4n) is 2.53. The summed E-state index contributed by atoms with van der Waals surface area (Å²) in [7, 11) is 0. The molecule has 0 spiro atoms. The van der Waals surface area contributed by atoms with Crippen molar-refractivity contribution < 1.29 is 9.90 Å². The molecule has 0 radical (unpaired) electrons. The molecule has 3 rings (SSSR count). The predicted molar refractivity (Wildman–Crippen MR) is 75.5 cm³/mol. The van der Waals surface area contributed by atoms with Gasteiger partial charge in [-0.15, -0.1) is 0 Å². The largest absolute Gasteiger partial charge is 0.480 e. The Balaban J connectivity index is 1.85. The maximum Gasteiger partial charge on any atom is 0.326 e. The van der Waals surface area contributed by atoms with E-state index in [0.29, 0.717) is 12.2 Å². The van der Waals surface area contributed by atoms with Gasteiger partial charge in [0.05, 0.1) is 18.1 Å². The lowest BCUT2D eigenvalue weighted by atomic mass is 10.2. The van der Waals surface area contributed by atoms with E-state index in [9.17, 15) is 9.90 Å². The van der Waals surface area contributed by atoms with E-state index in [1.807, 2.05) is 35.2 Å². The van der Waals surface area contributed by atoms with E-state index in [0.717, 1.165) is 24.2 Å². The molecule has 1 N–H and O–H groups in total. The van der Waals surface area contributed by atoms with Gasteiger partial charge in [-0.25, -0.2) is 9.78 Å². The molecule has 5 heteroatoms. The second kappa shape index (κ2) is 5.28. The van der Waals surface area contributed by atoms with Crippen LogP contribution in [0.1, 0.15) is 12.8 Å². The average Bonchev–Trinajstić information content (AvgIpc) is 2.98. The van der Waals surface area contributed by atoms with Crippen LogP contribution in [0.4, 0.5) is 5.82 Å². The van der Waals surface area contributed by atoms with Gasteiger partial charge in [0.15, 0.2) is 0 Å². The monoisotopic (exact) mass is 269 g/mol. The molecule has 102 valence electrons. The van der Waals surface area contributed by atoms with Crippen LogP contribution in [-0.4, -0.2) is 33.6 Å². The SMILES string of the molecule is O=C(O)[C@H]1CCCN1c1cnc(-c2ccccc2)cn1. The number of carbonyl (C=O) groups is 1. The summed E-state index contributed by atoms with van der Waals surface area (Å²) in [5.74, 6) is -0.161. The molecule has 0 unspecified atom stereocenters. The van der Waals surface area contributed by atoms with Crippen molar-refractivity contribution in [3.05, 3.63) is 42.7 Å². The Hall–Kier alpha value is -2.43. The third kappa shape index (κ3) is 2.34. The topological polar surface area (TPSA) is 66.3 Å². The van der Waals surface area contributed by atoms with Crippen molar-refractivity contribution in [2.24, 2.45) is 0 Å². The van der Waals surface area contributed by atoms with Crippen LogP contribution in [0.5, 0.6) is 0 Å². The van der Waals surface area contributed by atoms with Gasteiger partial charge < -0.3 is 10.0 Å². The molecule has 1 atom stereocenters. The third-order valence-corrected chi connectivity index (χ3v) is 3.54. The van der Waals surface area contributed by atoms with Crippen molar-refractivity contribution in [3.63, 3.8) is 0 Å². The molecule has 2 heterocycles. The predicted octanol–water partition coefficient (Wildman–Crippen LogP) is 2.20. The van der Waals surface area contributed by atoms with Gasteiger partial charge in [0.1, 0.15) is 11.9 Å². The van der Waals surface area contributed by atoms with Crippen LogP contribution in [0.2, 0.25) is 0 Å². The number of hydrogen-bond acceptors (Lipinski definition) is 4. The highest BCUT2D eigenvalue weighted by Crippen LogP contribution is 2.24. The first-order valence-electron chi connectivity index (χ1n) is 6.62. The zero-order valence-electron chi connectivity index (χ0n) is 10.9. The molecule has 1 aliphatic rings. The minimum absolute atomic E-state index is 0.480. The van der Waals surface area contributed by atoms with Crippen LogP contribution < -0.4 is 4.90 Å². The van der Waals surface area contributed by atoms with Crippen molar-refractivity contribution >= 4 is 11.8 Å². The highest BCUT2D eigenvalue weighted by atomic mass is 16.4. The number of benzene rings is 1. The van der Waals surface area contributed by atoms with Crippen molar-refractivity contribution in [1.29, 1.82) is 0 Å². The molecule has 0 amide bonds. The molecule has 1 aromatic heterocycles. The molecule has 0 aliphatic carbocycles. The van der Waals surface area contributed by atoms with Crippen LogP contribution in [0, 0.1) is 0 Å². The average molecular weight is 269 g/mol. The molecule has 1 fully saturated rings. The summed E-state index contributed by atoms with van der Waals surface area (Å²) < 4.78 is 0. The van der Waals surface area contributed by atoms with Crippen LogP contribution >= 0.6 is 0 Å². The number of anilines is 1. The second-order valence-electron chi connectivity index (χ2n) is 4.82. The summed E-state index contributed by atoms with van der Waals surface area (Å²) in [5, 5.41) is 9.19. The van der Waals surface area contributed by atoms with Gasteiger partial charge in [0, 0.05) is 12.1 Å². The smallest absolute Gasteiger partial charge is 0.326 e. The molecule has 2 aromatic rings. The van der Waals surface area contributed by atoms with Crippen LogP contribution in [0.3, 0.4) is 0 Å². The molecular formula is C15H15N3O2. The van der Waals surface area contributed by atoms with E-state index in [1.54, 1.807) is 12.4 Å². The van der Waals surface area contributed by atoms with E-state index < -0.39 is 12.0 Å². The summed E-state index contributed by atoms with van der Waals surface area (Å²) in [6.45, 7) is 0.719. The zero-order chi connectivity index (χ0) is 13.9. The Morgan fingerprint density at radius 3 is 2.65 bits per heavy atom. The normalized spacial score (nSPS) is 18.2. The highest BCUT2D eigenvalue weighted by Gasteiger charge is 2.31. The molecule has 1 aromatic carbocycles. The summed E-state index contributed by atoms with van der Waals surface area (Å²) in [4.78, 5) is 21.8. The molecular weight excluding hydrogens is 254 g/mol. The van der Waals surface area contributed by atoms with Gasteiger partial charge in [0.2, 0.25) is 0 Å². The van der Waals surface area contributed by atoms with E-state index >= 15 is 0 Å². The number of aromatic nitrogens is 2. The maximum atomic E-state index is 11.2. The van der Waals surface area contributed by atoms with Crippen molar-refractivity contribution in [3.8, 4) is 11.3 Å². The Kier molecular flexibility index (Phi) is 3.33. The minimum atomic E-state index is -0.795. The first-order valence-corrected chi connectivity index (χ1v) is 6.62. The fraction of sp³-hybridized carbons (Fsp3) is 0.267. The van der Waals surface area contributed by atoms with Gasteiger partial charge in [-0.3, -0.25) is 4.98 Å². The fourth-order valence-corrected chi connectivity index (χ4v) is 2.53. The Morgan fingerprint density at radius 1 is 1.20 bits per heavy atom. The standard InChI is InChI=1S/C15H15N3O2/c19-15(20)13-7-4-8-18(13)14-10-16-12(9-17-14)11-5-2-1-3-6-11/h1-3,5-6,9-10,13H,4,7-8H2,(H,19,20)/t13-/m1/s1. The van der Waals surface area contributed by atoms with E-state index in [1.165, 1.54) is 0 Å². The molecule has 1 aliphatic heterocycles. The Labute approximate surface area is 116 Å². The molecule has 0 saturated carbocycles. The lowest BCUT2D eigenvalue weighted by Gasteiger charge is -2.21. The second-order valence-corrected chi connectivity index (χ2v) is 4.82. The van der Waals surface area contributed by atoms with Crippen molar-refractivity contribution in [1.82, 2.24) is 9.97 Å². The van der Waals surface area contributed by atoms with Crippen molar-refractivity contribution in [2.45, 2.75) is 18.9 Å². The van der Waals surface area contributed by atoms with E-state index in [4.69, 9.17) is 0 Å².